The molecule has 0 aromatic heterocycles. The van der Waals surface area contributed by atoms with Crippen molar-refractivity contribution in [2.45, 2.75) is 32.9 Å². The lowest BCUT2D eigenvalue weighted by Gasteiger charge is -2.23. The van der Waals surface area contributed by atoms with Crippen LogP contribution in [-0.2, 0) is 20.9 Å². The van der Waals surface area contributed by atoms with Gasteiger partial charge in [-0.2, -0.15) is 0 Å². The van der Waals surface area contributed by atoms with Crippen molar-refractivity contribution in [1.82, 2.24) is 10.2 Å². The third-order valence-electron chi connectivity index (χ3n) is 4.06. The van der Waals surface area contributed by atoms with Crippen molar-refractivity contribution in [3.05, 3.63) is 35.4 Å². The predicted molar refractivity (Wildman–Crippen MR) is 84.2 cm³/mol. The minimum Gasteiger partial charge on any atom is -0.383 e. The number of methoxy groups -OCH3 is 1. The first-order valence-corrected chi connectivity index (χ1v) is 7.63. The number of nitrogens with one attached hydrogen (secondary N) is 1. The highest BCUT2D eigenvalue weighted by Crippen LogP contribution is 2.20. The van der Waals surface area contributed by atoms with Gasteiger partial charge in [-0.25, -0.2) is 0 Å². The van der Waals surface area contributed by atoms with Crippen LogP contribution in [0.1, 0.15) is 24.5 Å². The maximum absolute atomic E-state index is 12.2. The molecule has 1 saturated heterocycles. The summed E-state index contributed by atoms with van der Waals surface area (Å²) in [5.41, 5.74) is 2.26. The molecule has 1 N–H and O–H groups in total. The molecule has 22 heavy (non-hydrogen) atoms. The van der Waals surface area contributed by atoms with Gasteiger partial charge in [0.05, 0.1) is 18.6 Å². The Morgan fingerprint density at radius 2 is 2.09 bits per heavy atom. The van der Waals surface area contributed by atoms with Crippen molar-refractivity contribution in [3.8, 4) is 0 Å². The highest BCUT2D eigenvalue weighted by molar-refractivity contribution is 5.89. The lowest BCUT2D eigenvalue weighted by atomic mass is 10.1. The number of ether oxygens (including phenoxy) is 1. The molecule has 1 heterocycles. The first-order valence-electron chi connectivity index (χ1n) is 7.63. The fraction of sp³-hybridized carbons (Fsp3) is 0.529. The van der Waals surface area contributed by atoms with Gasteiger partial charge >= 0.3 is 0 Å². The second kappa shape index (κ2) is 7.40. The molecule has 5 heteroatoms. The first kappa shape index (κ1) is 16.5. The van der Waals surface area contributed by atoms with Crippen LogP contribution in [0.4, 0.5) is 0 Å². The van der Waals surface area contributed by atoms with E-state index in [4.69, 9.17) is 4.74 Å². The zero-order chi connectivity index (χ0) is 16.1. The van der Waals surface area contributed by atoms with E-state index in [-0.39, 0.29) is 30.2 Å². The number of hydrogen-bond acceptors (Lipinski definition) is 3. The lowest BCUT2D eigenvalue weighted by molar-refractivity contribution is -0.130. The van der Waals surface area contributed by atoms with Crippen LogP contribution in [0.2, 0.25) is 0 Å². The van der Waals surface area contributed by atoms with Gasteiger partial charge in [0.15, 0.2) is 0 Å². The zero-order valence-electron chi connectivity index (χ0n) is 13.5. The highest BCUT2D eigenvalue weighted by atomic mass is 16.5. The van der Waals surface area contributed by atoms with E-state index < -0.39 is 0 Å². The predicted octanol–water partition coefficient (Wildman–Crippen LogP) is 1.49. The van der Waals surface area contributed by atoms with Crippen LogP contribution in [0.5, 0.6) is 0 Å². The van der Waals surface area contributed by atoms with Gasteiger partial charge in [0.2, 0.25) is 11.8 Å². The van der Waals surface area contributed by atoms with Crippen LogP contribution in [0, 0.1) is 12.8 Å². The summed E-state index contributed by atoms with van der Waals surface area (Å²) in [6, 6.07) is 8.06. The van der Waals surface area contributed by atoms with Crippen LogP contribution >= 0.6 is 0 Å². The number of amides is 2. The molecule has 0 radical (unpaired) electrons. The van der Waals surface area contributed by atoms with Crippen LogP contribution in [-0.4, -0.2) is 43.0 Å². The van der Waals surface area contributed by atoms with E-state index in [0.29, 0.717) is 19.7 Å². The minimum atomic E-state index is -0.266. The number of rotatable bonds is 6. The maximum Gasteiger partial charge on any atom is 0.225 e. The van der Waals surface area contributed by atoms with E-state index in [1.807, 2.05) is 38.1 Å². The van der Waals surface area contributed by atoms with Gasteiger partial charge in [-0.15, -0.1) is 0 Å². The highest BCUT2D eigenvalue weighted by Gasteiger charge is 2.36. The number of carbonyl (C=O) groups excluding carboxylic acids is 2. The van der Waals surface area contributed by atoms with Gasteiger partial charge in [0.1, 0.15) is 0 Å². The first-order chi connectivity index (χ1) is 10.5. The molecule has 0 unspecified atom stereocenters. The molecule has 5 nitrogen and oxygen atoms in total. The third-order valence-corrected chi connectivity index (χ3v) is 4.06. The molecule has 2 atom stereocenters. The van der Waals surface area contributed by atoms with Crippen LogP contribution < -0.4 is 5.32 Å². The summed E-state index contributed by atoms with van der Waals surface area (Å²) >= 11 is 0. The molecule has 0 spiro atoms. The molecule has 0 bridgehead atoms. The topological polar surface area (TPSA) is 58.6 Å². The van der Waals surface area contributed by atoms with Crippen LogP contribution in [0.25, 0.3) is 0 Å². The minimum absolute atomic E-state index is 0.00685. The fourth-order valence-electron chi connectivity index (χ4n) is 2.70. The molecule has 1 aliphatic rings. The van der Waals surface area contributed by atoms with Crippen molar-refractivity contribution in [1.29, 1.82) is 0 Å². The second-order valence-corrected chi connectivity index (χ2v) is 5.95. The molecule has 1 aliphatic heterocycles. The Hall–Kier alpha value is -1.88. The number of carbonyl (C=O) groups is 2. The quantitative estimate of drug-likeness (QED) is 0.866. The Bertz CT molecular complexity index is 527. The Labute approximate surface area is 131 Å². The largest absolute Gasteiger partial charge is 0.383 e. The Morgan fingerprint density at radius 3 is 2.73 bits per heavy atom. The summed E-state index contributed by atoms with van der Waals surface area (Å²) in [4.78, 5) is 26.0. The van der Waals surface area contributed by atoms with Gasteiger partial charge in [-0.3, -0.25) is 9.59 Å². The molecule has 0 aliphatic carbocycles. The average Bonchev–Trinajstić information content (AvgIpc) is 2.89. The molecule has 1 aromatic rings. The van der Waals surface area contributed by atoms with Crippen molar-refractivity contribution in [2.24, 2.45) is 5.92 Å². The summed E-state index contributed by atoms with van der Waals surface area (Å²) in [5, 5.41) is 2.92. The summed E-state index contributed by atoms with van der Waals surface area (Å²) in [5.74, 6) is -0.293. The van der Waals surface area contributed by atoms with E-state index in [1.54, 1.807) is 12.0 Å². The van der Waals surface area contributed by atoms with Gasteiger partial charge in [-0.05, 0) is 19.4 Å². The van der Waals surface area contributed by atoms with Gasteiger partial charge < -0.3 is 15.0 Å². The number of hydrogen-bond donors (Lipinski definition) is 1. The lowest BCUT2D eigenvalue weighted by Crippen LogP contribution is -2.38. The fourth-order valence-corrected chi connectivity index (χ4v) is 2.70. The normalized spacial score (nSPS) is 19.3. The van der Waals surface area contributed by atoms with E-state index in [2.05, 4.69) is 5.32 Å². The number of likely N-dealkylation sites (tertiary alicyclic amines) is 1. The monoisotopic (exact) mass is 304 g/mol. The Balaban J connectivity index is 1.85. The van der Waals surface area contributed by atoms with Crippen LogP contribution in [0.15, 0.2) is 24.3 Å². The molecule has 120 valence electrons. The van der Waals surface area contributed by atoms with Crippen molar-refractivity contribution in [2.75, 3.05) is 20.3 Å². The average molecular weight is 304 g/mol. The smallest absolute Gasteiger partial charge is 0.225 e. The van der Waals surface area contributed by atoms with Crippen molar-refractivity contribution in [3.63, 3.8) is 0 Å². The van der Waals surface area contributed by atoms with Gasteiger partial charge in [0, 0.05) is 26.6 Å². The van der Waals surface area contributed by atoms with E-state index >= 15 is 0 Å². The molecular weight excluding hydrogens is 280 g/mol. The van der Waals surface area contributed by atoms with Gasteiger partial charge in [-0.1, -0.05) is 29.8 Å². The Morgan fingerprint density at radius 1 is 1.41 bits per heavy atom. The molecule has 0 saturated carbocycles. The summed E-state index contributed by atoms with van der Waals surface area (Å²) in [7, 11) is 1.61. The molecular formula is C17H24N2O3. The zero-order valence-corrected chi connectivity index (χ0v) is 13.5. The molecule has 1 fully saturated rings. The maximum atomic E-state index is 12.2. The molecule has 2 rings (SSSR count). The van der Waals surface area contributed by atoms with Crippen LogP contribution in [0.3, 0.4) is 0 Å². The number of aryl methyl sites for hydroxylation is 1. The SMILES string of the molecule is COC[C@@H](C)N1C[C@@H](C(=O)NCc2ccc(C)cc2)CC1=O. The molecule has 1 aromatic carbocycles. The van der Waals surface area contributed by atoms with E-state index in [1.165, 1.54) is 5.56 Å². The second-order valence-electron chi connectivity index (χ2n) is 5.95. The van der Waals surface area contributed by atoms with E-state index in [9.17, 15) is 9.59 Å². The summed E-state index contributed by atoms with van der Waals surface area (Å²) in [6.07, 6.45) is 0.286. The number of nitrogens with zero attached hydrogens (tertiary/aromatic N) is 1. The standard InChI is InChI=1S/C17H24N2O3/c1-12-4-6-14(7-5-12)9-18-17(21)15-8-16(20)19(10-15)13(2)11-22-3/h4-7,13,15H,8-11H2,1-3H3,(H,18,21)/t13-,15+/m1/s1. The Kier molecular flexibility index (Phi) is 5.55. The summed E-state index contributed by atoms with van der Waals surface area (Å²) in [6.45, 7) is 5.43. The van der Waals surface area contributed by atoms with E-state index in [0.717, 1.165) is 5.56 Å². The molecule has 2 amide bonds. The van der Waals surface area contributed by atoms with Gasteiger partial charge in [0.25, 0.3) is 0 Å². The summed E-state index contributed by atoms with van der Waals surface area (Å²) < 4.78 is 5.08. The third kappa shape index (κ3) is 4.07. The number of benzene rings is 1. The van der Waals surface area contributed by atoms with Crippen molar-refractivity contribution < 1.29 is 14.3 Å². The van der Waals surface area contributed by atoms with Crippen molar-refractivity contribution >= 4 is 11.8 Å².